The smallest absolute Gasteiger partial charge is 0.253 e. The van der Waals surface area contributed by atoms with Gasteiger partial charge in [-0.2, -0.15) is 0 Å². The molecular formula is C22H27N3O2. The third kappa shape index (κ3) is 4.73. The van der Waals surface area contributed by atoms with E-state index in [2.05, 4.69) is 16.4 Å². The number of pyridine rings is 1. The number of rotatable bonds is 4. The van der Waals surface area contributed by atoms with Crippen molar-refractivity contribution in [3.63, 3.8) is 0 Å². The van der Waals surface area contributed by atoms with Crippen molar-refractivity contribution in [2.75, 3.05) is 13.1 Å². The molecule has 0 radical (unpaired) electrons. The molecule has 2 aromatic rings. The first-order valence-corrected chi connectivity index (χ1v) is 9.52. The normalized spacial score (nSPS) is 18.0. The van der Waals surface area contributed by atoms with Crippen LogP contribution < -0.4 is 5.32 Å². The van der Waals surface area contributed by atoms with Crippen molar-refractivity contribution in [2.45, 2.75) is 39.7 Å². The zero-order valence-corrected chi connectivity index (χ0v) is 16.2. The summed E-state index contributed by atoms with van der Waals surface area (Å²) in [5, 5.41) is 3.08. The van der Waals surface area contributed by atoms with Gasteiger partial charge in [0.05, 0.1) is 12.0 Å². The summed E-state index contributed by atoms with van der Waals surface area (Å²) in [5.74, 6) is -0.142. The van der Waals surface area contributed by atoms with E-state index in [9.17, 15) is 9.59 Å². The van der Waals surface area contributed by atoms with E-state index in [-0.39, 0.29) is 23.8 Å². The van der Waals surface area contributed by atoms with Crippen molar-refractivity contribution in [3.05, 3.63) is 65.0 Å². The Balaban J connectivity index is 1.64. The van der Waals surface area contributed by atoms with Crippen LogP contribution in [0.1, 0.15) is 52.9 Å². The highest BCUT2D eigenvalue weighted by atomic mass is 16.2. The molecule has 5 nitrogen and oxygen atoms in total. The number of aryl methyl sites for hydroxylation is 2. The molecule has 2 amide bonds. The first-order valence-electron chi connectivity index (χ1n) is 9.52. The fourth-order valence-electron chi connectivity index (χ4n) is 3.72. The van der Waals surface area contributed by atoms with Gasteiger partial charge in [-0.1, -0.05) is 17.2 Å². The van der Waals surface area contributed by atoms with Gasteiger partial charge in [0.2, 0.25) is 5.91 Å². The van der Waals surface area contributed by atoms with Crippen LogP contribution in [0, 0.1) is 19.8 Å². The first kappa shape index (κ1) is 19.1. The van der Waals surface area contributed by atoms with Crippen molar-refractivity contribution in [1.29, 1.82) is 0 Å². The number of piperidine rings is 1. The van der Waals surface area contributed by atoms with Crippen LogP contribution in [0.25, 0.3) is 0 Å². The van der Waals surface area contributed by atoms with E-state index in [1.807, 2.05) is 49.9 Å². The second-order valence-electron chi connectivity index (χ2n) is 7.48. The summed E-state index contributed by atoms with van der Waals surface area (Å²) in [4.78, 5) is 31.5. The lowest BCUT2D eigenvalue weighted by Crippen LogP contribution is -2.45. The number of carbonyl (C=O) groups excluding carboxylic acids is 2. The third-order valence-corrected chi connectivity index (χ3v) is 5.11. The van der Waals surface area contributed by atoms with E-state index in [1.54, 1.807) is 12.4 Å². The van der Waals surface area contributed by atoms with Crippen LogP contribution in [0.4, 0.5) is 0 Å². The molecule has 0 unspecified atom stereocenters. The maximum absolute atomic E-state index is 12.9. The van der Waals surface area contributed by atoms with Crippen molar-refractivity contribution >= 4 is 11.8 Å². The number of hydrogen-bond acceptors (Lipinski definition) is 3. The molecule has 2 atom stereocenters. The van der Waals surface area contributed by atoms with E-state index in [1.165, 1.54) is 0 Å². The van der Waals surface area contributed by atoms with Gasteiger partial charge in [-0.05, 0) is 63.4 Å². The minimum atomic E-state index is -0.169. The van der Waals surface area contributed by atoms with Gasteiger partial charge in [0, 0.05) is 31.0 Å². The summed E-state index contributed by atoms with van der Waals surface area (Å²) < 4.78 is 0. The SMILES string of the molecule is Cc1cc(C)cc(C(=O)N2CCC[C@@H](C(=O)N[C@@H](C)c3ccncc3)C2)c1. The summed E-state index contributed by atoms with van der Waals surface area (Å²) in [6.45, 7) is 7.14. The van der Waals surface area contributed by atoms with E-state index < -0.39 is 0 Å². The lowest BCUT2D eigenvalue weighted by atomic mass is 9.95. The Bertz CT molecular complexity index is 799. The first-order chi connectivity index (χ1) is 12.9. The molecule has 3 rings (SSSR count). The Morgan fingerprint density at radius 3 is 2.48 bits per heavy atom. The molecule has 5 heteroatoms. The van der Waals surface area contributed by atoms with E-state index in [4.69, 9.17) is 0 Å². The molecule has 1 aromatic carbocycles. The number of likely N-dealkylation sites (tertiary alicyclic amines) is 1. The standard InChI is InChI=1S/C22H27N3O2/c1-15-11-16(2)13-20(12-15)22(27)25-10-4-5-19(14-25)21(26)24-17(3)18-6-8-23-9-7-18/h6-9,11-13,17,19H,4-5,10,14H2,1-3H3,(H,24,26)/t17-,19+/m0/s1. The Hall–Kier alpha value is -2.69. The number of nitrogens with zero attached hydrogens (tertiary/aromatic N) is 2. The largest absolute Gasteiger partial charge is 0.349 e. The van der Waals surface area contributed by atoms with Gasteiger partial charge in [-0.25, -0.2) is 0 Å². The van der Waals surface area contributed by atoms with Gasteiger partial charge in [0.1, 0.15) is 0 Å². The van der Waals surface area contributed by atoms with E-state index >= 15 is 0 Å². The molecule has 1 N–H and O–H groups in total. The Kier molecular flexibility index (Phi) is 5.89. The lowest BCUT2D eigenvalue weighted by molar-refractivity contribution is -0.127. The molecule has 0 aliphatic carbocycles. The van der Waals surface area contributed by atoms with Crippen molar-refractivity contribution in [3.8, 4) is 0 Å². The fourth-order valence-corrected chi connectivity index (χ4v) is 3.72. The van der Waals surface area contributed by atoms with E-state index in [0.29, 0.717) is 18.7 Å². The summed E-state index contributed by atoms with van der Waals surface area (Å²) >= 11 is 0. The minimum Gasteiger partial charge on any atom is -0.349 e. The second-order valence-corrected chi connectivity index (χ2v) is 7.48. The highest BCUT2D eigenvalue weighted by Crippen LogP contribution is 2.21. The van der Waals surface area contributed by atoms with Crippen molar-refractivity contribution < 1.29 is 9.59 Å². The Morgan fingerprint density at radius 2 is 1.81 bits per heavy atom. The summed E-state index contributed by atoms with van der Waals surface area (Å²) in [6.07, 6.45) is 5.11. The Labute approximate surface area is 160 Å². The fraction of sp³-hybridized carbons (Fsp3) is 0.409. The predicted octanol–water partition coefficient (Wildman–Crippen LogP) is 3.43. The molecular weight excluding hydrogens is 338 g/mol. The van der Waals surface area contributed by atoms with Gasteiger partial charge < -0.3 is 10.2 Å². The van der Waals surface area contributed by atoms with Crippen LogP contribution in [-0.2, 0) is 4.79 Å². The number of benzene rings is 1. The van der Waals surface area contributed by atoms with Crippen LogP contribution >= 0.6 is 0 Å². The van der Waals surface area contributed by atoms with Crippen LogP contribution in [-0.4, -0.2) is 34.8 Å². The highest BCUT2D eigenvalue weighted by molar-refractivity contribution is 5.95. The van der Waals surface area contributed by atoms with Gasteiger partial charge in [0.25, 0.3) is 5.91 Å². The van der Waals surface area contributed by atoms with Crippen LogP contribution in [0.3, 0.4) is 0 Å². The quantitative estimate of drug-likeness (QED) is 0.903. The highest BCUT2D eigenvalue weighted by Gasteiger charge is 2.29. The Morgan fingerprint density at radius 1 is 1.15 bits per heavy atom. The molecule has 1 aromatic heterocycles. The third-order valence-electron chi connectivity index (χ3n) is 5.11. The predicted molar refractivity (Wildman–Crippen MR) is 105 cm³/mol. The van der Waals surface area contributed by atoms with Crippen LogP contribution in [0.15, 0.2) is 42.7 Å². The number of nitrogens with one attached hydrogen (secondary N) is 1. The van der Waals surface area contributed by atoms with Gasteiger partial charge in [0.15, 0.2) is 0 Å². The maximum Gasteiger partial charge on any atom is 0.253 e. The van der Waals surface area contributed by atoms with E-state index in [0.717, 1.165) is 29.5 Å². The van der Waals surface area contributed by atoms with Crippen molar-refractivity contribution in [2.24, 2.45) is 5.92 Å². The zero-order chi connectivity index (χ0) is 19.4. The summed E-state index contributed by atoms with van der Waals surface area (Å²) in [6, 6.07) is 9.63. The molecule has 1 aliphatic rings. The molecule has 27 heavy (non-hydrogen) atoms. The van der Waals surface area contributed by atoms with Gasteiger partial charge in [-0.3, -0.25) is 14.6 Å². The summed E-state index contributed by atoms with van der Waals surface area (Å²) in [5.41, 5.74) is 3.89. The monoisotopic (exact) mass is 365 g/mol. The molecule has 0 spiro atoms. The molecule has 0 bridgehead atoms. The number of aromatic nitrogens is 1. The minimum absolute atomic E-state index is 0.0113. The topological polar surface area (TPSA) is 62.3 Å². The molecule has 2 heterocycles. The van der Waals surface area contributed by atoms with Crippen LogP contribution in [0.2, 0.25) is 0 Å². The molecule has 1 aliphatic heterocycles. The molecule has 142 valence electrons. The lowest BCUT2D eigenvalue weighted by Gasteiger charge is -2.33. The number of carbonyl (C=O) groups is 2. The molecule has 1 saturated heterocycles. The second kappa shape index (κ2) is 8.33. The molecule has 0 saturated carbocycles. The van der Waals surface area contributed by atoms with Gasteiger partial charge >= 0.3 is 0 Å². The average Bonchev–Trinajstić information content (AvgIpc) is 2.67. The number of amides is 2. The maximum atomic E-state index is 12.9. The van der Waals surface area contributed by atoms with Gasteiger partial charge in [-0.15, -0.1) is 0 Å². The molecule has 1 fully saturated rings. The zero-order valence-electron chi connectivity index (χ0n) is 16.2. The average molecular weight is 365 g/mol. The van der Waals surface area contributed by atoms with Crippen LogP contribution in [0.5, 0.6) is 0 Å². The number of hydrogen-bond donors (Lipinski definition) is 1. The summed E-state index contributed by atoms with van der Waals surface area (Å²) in [7, 11) is 0. The van der Waals surface area contributed by atoms with Crippen molar-refractivity contribution in [1.82, 2.24) is 15.2 Å².